The zero-order chi connectivity index (χ0) is 25.7. The van der Waals surface area contributed by atoms with E-state index in [1.807, 2.05) is 19.1 Å². The van der Waals surface area contributed by atoms with Gasteiger partial charge in [-0.1, -0.05) is 42.5 Å². The van der Waals surface area contributed by atoms with Crippen LogP contribution in [0.5, 0.6) is 0 Å². The second kappa shape index (κ2) is 8.53. The number of nitro groups is 1. The lowest BCUT2D eigenvalue weighted by Crippen LogP contribution is -2.43. The Morgan fingerprint density at radius 3 is 2.31 bits per heavy atom. The van der Waals surface area contributed by atoms with E-state index >= 15 is 0 Å². The third kappa shape index (κ3) is 3.48. The summed E-state index contributed by atoms with van der Waals surface area (Å²) in [7, 11) is 0. The highest BCUT2D eigenvalue weighted by atomic mass is 16.6. The summed E-state index contributed by atoms with van der Waals surface area (Å²) in [5, 5.41) is 12.0. The lowest BCUT2D eigenvalue weighted by atomic mass is 9.82. The van der Waals surface area contributed by atoms with Gasteiger partial charge in [0.2, 0.25) is 5.78 Å². The van der Waals surface area contributed by atoms with Crippen LogP contribution in [0.15, 0.2) is 60.7 Å². The van der Waals surface area contributed by atoms with Crippen molar-refractivity contribution in [1.29, 1.82) is 0 Å². The largest absolute Gasteiger partial charge is 0.449 e. The normalized spacial score (nSPS) is 16.6. The molecule has 0 aromatic heterocycles. The van der Waals surface area contributed by atoms with Crippen LogP contribution in [0.1, 0.15) is 61.6 Å². The van der Waals surface area contributed by atoms with E-state index < -0.39 is 51.3 Å². The van der Waals surface area contributed by atoms with E-state index in [1.54, 1.807) is 29.2 Å². The van der Waals surface area contributed by atoms with Crippen molar-refractivity contribution in [3.8, 4) is 0 Å². The van der Waals surface area contributed by atoms with E-state index in [2.05, 4.69) is 0 Å². The Labute approximate surface area is 205 Å². The van der Waals surface area contributed by atoms with Gasteiger partial charge in [-0.15, -0.1) is 0 Å². The number of nitro benzene ring substituents is 1. The minimum Gasteiger partial charge on any atom is -0.449 e. The van der Waals surface area contributed by atoms with Crippen LogP contribution in [-0.4, -0.2) is 40.5 Å². The van der Waals surface area contributed by atoms with Gasteiger partial charge in [-0.2, -0.15) is 0 Å². The lowest BCUT2D eigenvalue weighted by molar-refractivity contribution is -0.385. The molecule has 9 heteroatoms. The molecule has 1 heterocycles. The topological polar surface area (TPSA) is 124 Å². The van der Waals surface area contributed by atoms with Crippen molar-refractivity contribution in [3.05, 3.63) is 104 Å². The Hall–Kier alpha value is -4.66. The molecular formula is C27H20N2O7. The summed E-state index contributed by atoms with van der Waals surface area (Å²) in [6, 6.07) is 15.6. The van der Waals surface area contributed by atoms with Gasteiger partial charge < -0.3 is 9.64 Å². The minimum absolute atomic E-state index is 0.0221. The van der Waals surface area contributed by atoms with E-state index in [0.29, 0.717) is 6.42 Å². The number of ketones is 2. The summed E-state index contributed by atoms with van der Waals surface area (Å²) in [6.07, 6.45) is -0.601. The Morgan fingerprint density at radius 2 is 1.61 bits per heavy atom. The third-order valence-corrected chi connectivity index (χ3v) is 6.54. The Morgan fingerprint density at radius 1 is 0.972 bits per heavy atom. The standard InChI is InChI=1S/C27H20N2O7/c1-14-13-16-7-3-6-10-21(16)28(14)26(32)15(2)36-27(33)20-12-11-19-22(23(20)29(34)35)25(31)18-9-5-4-8-17(18)24(19)30/h3-12,14-15H,13H2,1-2H3/t14-,15+/m0/s1. The molecule has 0 N–H and O–H groups in total. The summed E-state index contributed by atoms with van der Waals surface area (Å²) < 4.78 is 5.36. The molecule has 0 saturated heterocycles. The maximum atomic E-state index is 13.2. The Balaban J connectivity index is 1.48. The van der Waals surface area contributed by atoms with Crippen molar-refractivity contribution in [3.63, 3.8) is 0 Å². The minimum atomic E-state index is -1.25. The molecule has 5 rings (SSSR count). The van der Waals surface area contributed by atoms with Crippen molar-refractivity contribution in [2.45, 2.75) is 32.4 Å². The molecule has 0 fully saturated rings. The van der Waals surface area contributed by atoms with Crippen LogP contribution in [0.25, 0.3) is 0 Å². The number of hydrogen-bond donors (Lipinski definition) is 0. The number of carbonyl (C=O) groups is 4. The second-order valence-corrected chi connectivity index (χ2v) is 8.78. The lowest BCUT2D eigenvalue weighted by Gasteiger charge is -2.26. The second-order valence-electron chi connectivity index (χ2n) is 8.78. The van der Waals surface area contributed by atoms with Crippen LogP contribution in [0.4, 0.5) is 11.4 Å². The summed E-state index contributed by atoms with van der Waals surface area (Å²) in [5.74, 6) is -2.88. The Bertz CT molecular complexity index is 1490. The number of hydrogen-bond acceptors (Lipinski definition) is 7. The fourth-order valence-electron chi connectivity index (χ4n) is 4.90. The number of esters is 1. The predicted octanol–water partition coefficient (Wildman–Crippen LogP) is 3.89. The van der Waals surface area contributed by atoms with Crippen LogP contribution in [0.3, 0.4) is 0 Å². The number of carbonyl (C=O) groups excluding carboxylic acids is 4. The van der Waals surface area contributed by atoms with Crippen molar-refractivity contribution in [1.82, 2.24) is 0 Å². The van der Waals surface area contributed by atoms with Crippen LogP contribution in [0, 0.1) is 10.1 Å². The van der Waals surface area contributed by atoms with Gasteiger partial charge in [0.05, 0.1) is 4.92 Å². The number of fused-ring (bicyclic) bond motifs is 3. The quantitative estimate of drug-likeness (QED) is 0.244. The highest BCUT2D eigenvalue weighted by molar-refractivity contribution is 6.30. The van der Waals surface area contributed by atoms with E-state index in [4.69, 9.17) is 4.74 Å². The van der Waals surface area contributed by atoms with Gasteiger partial charge in [-0.3, -0.25) is 24.5 Å². The first-order valence-electron chi connectivity index (χ1n) is 11.3. The zero-order valence-electron chi connectivity index (χ0n) is 19.4. The summed E-state index contributed by atoms with van der Waals surface area (Å²) >= 11 is 0. The monoisotopic (exact) mass is 484 g/mol. The van der Waals surface area contributed by atoms with Gasteiger partial charge in [0, 0.05) is 28.4 Å². The van der Waals surface area contributed by atoms with Crippen molar-refractivity contribution >= 4 is 34.8 Å². The van der Waals surface area contributed by atoms with Crippen molar-refractivity contribution in [2.24, 2.45) is 0 Å². The molecule has 36 heavy (non-hydrogen) atoms. The van der Waals surface area contributed by atoms with E-state index in [1.165, 1.54) is 25.1 Å². The molecule has 0 radical (unpaired) electrons. The molecule has 9 nitrogen and oxygen atoms in total. The molecule has 2 aliphatic rings. The van der Waals surface area contributed by atoms with Crippen LogP contribution in [0.2, 0.25) is 0 Å². The predicted molar refractivity (Wildman–Crippen MR) is 128 cm³/mol. The highest BCUT2D eigenvalue weighted by Crippen LogP contribution is 2.36. The molecule has 2 atom stereocenters. The van der Waals surface area contributed by atoms with Crippen LogP contribution < -0.4 is 4.90 Å². The number of rotatable bonds is 4. The first kappa shape index (κ1) is 23.1. The van der Waals surface area contributed by atoms with Crippen LogP contribution >= 0.6 is 0 Å². The average Bonchev–Trinajstić information content (AvgIpc) is 3.21. The van der Waals surface area contributed by atoms with E-state index in [9.17, 15) is 29.3 Å². The first-order chi connectivity index (χ1) is 17.2. The maximum absolute atomic E-state index is 13.2. The van der Waals surface area contributed by atoms with E-state index in [-0.39, 0.29) is 22.7 Å². The van der Waals surface area contributed by atoms with Gasteiger partial charge in [-0.05, 0) is 44.0 Å². The fourth-order valence-corrected chi connectivity index (χ4v) is 4.90. The van der Waals surface area contributed by atoms with Crippen LogP contribution in [-0.2, 0) is 16.0 Å². The summed E-state index contributed by atoms with van der Waals surface area (Å²) in [6.45, 7) is 3.27. The number of anilines is 1. The number of nitrogens with zero attached hydrogens (tertiary/aromatic N) is 2. The van der Waals surface area contributed by atoms with Gasteiger partial charge >= 0.3 is 5.97 Å². The molecule has 0 spiro atoms. The van der Waals surface area contributed by atoms with Crippen molar-refractivity contribution in [2.75, 3.05) is 4.90 Å². The molecule has 0 unspecified atom stereocenters. The molecular weight excluding hydrogens is 464 g/mol. The number of para-hydroxylation sites is 1. The molecule has 3 aromatic rings. The SMILES string of the molecule is C[C@@H](OC(=O)c1ccc2c(c1[N+](=O)[O-])C(=O)c1ccccc1C2=O)C(=O)N1c2ccccc2C[C@@H]1C. The zero-order valence-corrected chi connectivity index (χ0v) is 19.4. The van der Waals surface area contributed by atoms with Gasteiger partial charge in [0.15, 0.2) is 11.9 Å². The maximum Gasteiger partial charge on any atom is 0.345 e. The smallest absolute Gasteiger partial charge is 0.345 e. The summed E-state index contributed by atoms with van der Waals surface area (Å²) in [4.78, 5) is 65.0. The fraction of sp³-hybridized carbons (Fsp3) is 0.185. The van der Waals surface area contributed by atoms with Crippen molar-refractivity contribution < 1.29 is 28.8 Å². The molecule has 180 valence electrons. The molecule has 1 amide bonds. The number of amides is 1. The van der Waals surface area contributed by atoms with Gasteiger partial charge in [0.1, 0.15) is 11.1 Å². The number of benzene rings is 3. The molecule has 3 aromatic carbocycles. The third-order valence-electron chi connectivity index (χ3n) is 6.54. The summed E-state index contributed by atoms with van der Waals surface area (Å²) in [5.41, 5.74) is -0.0645. The highest BCUT2D eigenvalue weighted by Gasteiger charge is 2.40. The molecule has 1 aliphatic heterocycles. The molecule has 1 aliphatic carbocycles. The van der Waals surface area contributed by atoms with E-state index in [0.717, 1.165) is 17.3 Å². The average molecular weight is 484 g/mol. The Kier molecular flexibility index (Phi) is 5.47. The van der Waals surface area contributed by atoms with Gasteiger partial charge in [0.25, 0.3) is 11.6 Å². The van der Waals surface area contributed by atoms with Gasteiger partial charge in [-0.25, -0.2) is 4.79 Å². The number of ether oxygens (including phenoxy) is 1. The molecule has 0 saturated carbocycles. The molecule has 0 bridgehead atoms. The first-order valence-corrected chi connectivity index (χ1v) is 11.3.